The summed E-state index contributed by atoms with van der Waals surface area (Å²) in [6.07, 6.45) is 3.04. The first-order chi connectivity index (χ1) is 14.5. The van der Waals surface area contributed by atoms with Crippen molar-refractivity contribution in [3.63, 3.8) is 0 Å². The fourth-order valence-electron chi connectivity index (χ4n) is 3.35. The molecule has 6 nitrogen and oxygen atoms in total. The fourth-order valence-corrected chi connectivity index (χ4v) is 4.40. The van der Waals surface area contributed by atoms with E-state index in [0.29, 0.717) is 35.9 Å². The molecular weight excluding hydrogens is 471 g/mol. The van der Waals surface area contributed by atoms with E-state index in [1.807, 2.05) is 0 Å². The Kier molecular flexibility index (Phi) is 6.19. The minimum absolute atomic E-state index is 0.160. The van der Waals surface area contributed by atoms with Gasteiger partial charge in [0.2, 0.25) is 5.91 Å². The lowest BCUT2D eigenvalue weighted by Gasteiger charge is -2.31. The summed E-state index contributed by atoms with van der Waals surface area (Å²) >= 11 is 4.54. The predicted octanol–water partition coefficient (Wildman–Crippen LogP) is 4.60. The molecule has 154 valence electrons. The van der Waals surface area contributed by atoms with Gasteiger partial charge >= 0.3 is 0 Å². The third kappa shape index (κ3) is 4.57. The molecule has 3 heterocycles. The summed E-state index contributed by atoms with van der Waals surface area (Å²) < 4.78 is 14.8. The van der Waals surface area contributed by atoms with Gasteiger partial charge in [-0.2, -0.15) is 0 Å². The Morgan fingerprint density at radius 3 is 2.83 bits per heavy atom. The zero-order valence-corrected chi connectivity index (χ0v) is 18.2. The van der Waals surface area contributed by atoms with Crippen molar-refractivity contribution < 1.29 is 14.0 Å². The maximum absolute atomic E-state index is 14.0. The number of benzene rings is 1. The Hall–Kier alpha value is -2.65. The first kappa shape index (κ1) is 20.6. The number of likely N-dealkylation sites (tertiary alicyclic amines) is 1. The molecule has 0 bridgehead atoms. The van der Waals surface area contributed by atoms with Crippen molar-refractivity contribution in [2.45, 2.75) is 12.8 Å². The number of carbonyl (C=O) groups excluding carboxylic acids is 2. The quantitative estimate of drug-likeness (QED) is 0.582. The summed E-state index contributed by atoms with van der Waals surface area (Å²) in [5.41, 5.74) is 0.647. The van der Waals surface area contributed by atoms with Gasteiger partial charge in [0.15, 0.2) is 0 Å². The number of hydrogen-bond donors (Lipinski definition) is 1. The molecule has 1 saturated heterocycles. The van der Waals surface area contributed by atoms with Crippen molar-refractivity contribution in [2.24, 2.45) is 5.92 Å². The number of nitrogens with one attached hydrogen (secondary N) is 1. The Labute approximate surface area is 185 Å². The highest BCUT2D eigenvalue weighted by Gasteiger charge is 2.30. The van der Waals surface area contributed by atoms with Gasteiger partial charge in [-0.1, -0.05) is 12.1 Å². The highest BCUT2D eigenvalue weighted by atomic mass is 79.9. The van der Waals surface area contributed by atoms with Crippen LogP contribution in [0.5, 0.6) is 0 Å². The average molecular weight is 489 g/mol. The molecule has 30 heavy (non-hydrogen) atoms. The molecule has 2 amide bonds. The predicted molar refractivity (Wildman–Crippen MR) is 117 cm³/mol. The molecule has 0 radical (unpaired) electrons. The second kappa shape index (κ2) is 9.01. The van der Waals surface area contributed by atoms with E-state index in [4.69, 9.17) is 0 Å². The topological polar surface area (TPSA) is 75.2 Å². The highest BCUT2D eigenvalue weighted by molar-refractivity contribution is 9.10. The van der Waals surface area contributed by atoms with E-state index in [1.165, 1.54) is 17.4 Å². The summed E-state index contributed by atoms with van der Waals surface area (Å²) in [5.74, 6) is -0.624. The maximum Gasteiger partial charge on any atom is 0.273 e. The number of piperidine rings is 1. The standard InChI is InChI=1S/C21H18BrFN4O2S/c22-14-7-8-18(24-10-14)26-19(28)13-4-3-9-27(11-13)21(29)17-12-30-20(25-17)15-5-1-2-6-16(15)23/h1-2,5-8,10,12-13H,3-4,9,11H2,(H,24,26,28). The number of anilines is 1. The molecule has 0 spiro atoms. The van der Waals surface area contributed by atoms with Crippen LogP contribution in [0.15, 0.2) is 52.4 Å². The van der Waals surface area contributed by atoms with Gasteiger partial charge in [-0.05, 0) is 53.0 Å². The van der Waals surface area contributed by atoms with E-state index < -0.39 is 0 Å². The van der Waals surface area contributed by atoms with Gasteiger partial charge in [0, 0.05) is 34.7 Å². The Morgan fingerprint density at radius 1 is 1.23 bits per heavy atom. The van der Waals surface area contributed by atoms with Crippen LogP contribution in [0.4, 0.5) is 10.2 Å². The normalized spacial score (nSPS) is 16.3. The number of halogens is 2. The molecule has 1 aromatic carbocycles. The number of carbonyl (C=O) groups is 2. The van der Waals surface area contributed by atoms with Crippen LogP contribution in [0, 0.1) is 11.7 Å². The van der Waals surface area contributed by atoms with Gasteiger partial charge in [-0.25, -0.2) is 14.4 Å². The van der Waals surface area contributed by atoms with E-state index in [-0.39, 0.29) is 29.2 Å². The number of nitrogens with zero attached hydrogens (tertiary/aromatic N) is 3. The summed E-state index contributed by atoms with van der Waals surface area (Å²) in [6, 6.07) is 9.87. The zero-order valence-electron chi connectivity index (χ0n) is 15.8. The van der Waals surface area contributed by atoms with Gasteiger partial charge in [-0.3, -0.25) is 9.59 Å². The molecular formula is C21H18BrFN4O2S. The lowest BCUT2D eigenvalue weighted by Crippen LogP contribution is -2.44. The van der Waals surface area contributed by atoms with Crippen molar-refractivity contribution in [3.05, 3.63) is 64.0 Å². The van der Waals surface area contributed by atoms with Crippen LogP contribution in [-0.4, -0.2) is 39.8 Å². The van der Waals surface area contributed by atoms with Gasteiger partial charge < -0.3 is 10.2 Å². The van der Waals surface area contributed by atoms with Gasteiger partial charge in [0.25, 0.3) is 5.91 Å². The molecule has 1 unspecified atom stereocenters. The molecule has 0 aliphatic carbocycles. The summed E-state index contributed by atoms with van der Waals surface area (Å²) in [4.78, 5) is 35.7. The van der Waals surface area contributed by atoms with Gasteiger partial charge in [0.1, 0.15) is 22.3 Å². The number of pyridine rings is 1. The average Bonchev–Trinajstić information content (AvgIpc) is 3.25. The molecule has 2 aromatic heterocycles. The lowest BCUT2D eigenvalue weighted by atomic mass is 9.97. The molecule has 1 aliphatic rings. The van der Waals surface area contributed by atoms with Crippen LogP contribution in [0.25, 0.3) is 10.6 Å². The second-order valence-corrected chi connectivity index (χ2v) is 8.73. The van der Waals surface area contributed by atoms with Crippen molar-refractivity contribution >= 4 is 44.9 Å². The van der Waals surface area contributed by atoms with E-state index >= 15 is 0 Å². The third-order valence-electron chi connectivity index (χ3n) is 4.89. The van der Waals surface area contributed by atoms with E-state index in [2.05, 4.69) is 31.2 Å². The van der Waals surface area contributed by atoms with Crippen LogP contribution < -0.4 is 5.32 Å². The molecule has 1 fully saturated rings. The first-order valence-electron chi connectivity index (χ1n) is 9.43. The number of rotatable bonds is 4. The van der Waals surface area contributed by atoms with Crippen molar-refractivity contribution in [1.82, 2.24) is 14.9 Å². The smallest absolute Gasteiger partial charge is 0.273 e. The van der Waals surface area contributed by atoms with Crippen molar-refractivity contribution in [1.29, 1.82) is 0 Å². The number of hydrogen-bond acceptors (Lipinski definition) is 5. The largest absolute Gasteiger partial charge is 0.336 e. The first-order valence-corrected chi connectivity index (χ1v) is 11.1. The summed E-state index contributed by atoms with van der Waals surface area (Å²) in [6.45, 7) is 0.874. The minimum atomic E-state index is -0.373. The molecule has 1 N–H and O–H groups in total. The molecule has 1 atom stereocenters. The van der Waals surface area contributed by atoms with Crippen LogP contribution in [0.2, 0.25) is 0 Å². The Balaban J connectivity index is 1.43. The lowest BCUT2D eigenvalue weighted by molar-refractivity contribution is -0.121. The fraction of sp³-hybridized carbons (Fsp3) is 0.238. The Bertz CT molecular complexity index is 1070. The van der Waals surface area contributed by atoms with E-state index in [0.717, 1.165) is 10.9 Å². The van der Waals surface area contributed by atoms with Crippen LogP contribution in [0.3, 0.4) is 0 Å². The second-order valence-electron chi connectivity index (χ2n) is 6.96. The summed E-state index contributed by atoms with van der Waals surface area (Å²) in [5, 5.41) is 4.91. The van der Waals surface area contributed by atoms with Gasteiger partial charge in [0.05, 0.1) is 5.92 Å². The summed E-state index contributed by atoms with van der Waals surface area (Å²) in [7, 11) is 0. The highest BCUT2D eigenvalue weighted by Crippen LogP contribution is 2.27. The van der Waals surface area contributed by atoms with Gasteiger partial charge in [-0.15, -0.1) is 11.3 Å². The molecule has 4 rings (SSSR count). The number of amides is 2. The monoisotopic (exact) mass is 488 g/mol. The molecule has 9 heteroatoms. The Morgan fingerprint density at radius 2 is 2.07 bits per heavy atom. The third-order valence-corrected chi connectivity index (χ3v) is 6.23. The van der Waals surface area contributed by atoms with Crippen LogP contribution in [0.1, 0.15) is 23.3 Å². The van der Waals surface area contributed by atoms with Crippen LogP contribution in [-0.2, 0) is 4.79 Å². The molecule has 0 saturated carbocycles. The molecule has 1 aliphatic heterocycles. The van der Waals surface area contributed by atoms with E-state index in [9.17, 15) is 14.0 Å². The minimum Gasteiger partial charge on any atom is -0.336 e. The number of aromatic nitrogens is 2. The maximum atomic E-state index is 14.0. The van der Waals surface area contributed by atoms with Crippen molar-refractivity contribution in [2.75, 3.05) is 18.4 Å². The number of thiazole rings is 1. The van der Waals surface area contributed by atoms with Crippen LogP contribution >= 0.6 is 27.3 Å². The van der Waals surface area contributed by atoms with Crippen molar-refractivity contribution in [3.8, 4) is 10.6 Å². The molecule has 3 aromatic rings. The van der Waals surface area contributed by atoms with E-state index in [1.54, 1.807) is 46.8 Å². The SMILES string of the molecule is O=C(Nc1ccc(Br)cn1)C1CCCN(C(=O)c2csc(-c3ccccc3F)n2)C1. The zero-order chi connectivity index (χ0) is 21.1.